The lowest BCUT2D eigenvalue weighted by Crippen LogP contribution is -2.28. The van der Waals surface area contributed by atoms with Gasteiger partial charge in [0.2, 0.25) is 0 Å². The molecule has 104 valence electrons. The van der Waals surface area contributed by atoms with Crippen LogP contribution in [0.2, 0.25) is 0 Å². The van der Waals surface area contributed by atoms with E-state index in [4.69, 9.17) is 4.74 Å². The third-order valence-electron chi connectivity index (χ3n) is 3.90. The standard InChI is InChI=1S/C16H21FO2/c1-11(18)14-10-12(17)4-5-15(14)19-13-6-8-16(2,3)9-7-13/h4-5,10,13H,6-9H2,1-3H3. The number of rotatable bonds is 3. The van der Waals surface area contributed by atoms with Gasteiger partial charge in [-0.2, -0.15) is 0 Å². The molecule has 2 nitrogen and oxygen atoms in total. The first-order chi connectivity index (χ1) is 8.87. The smallest absolute Gasteiger partial charge is 0.163 e. The first-order valence-electron chi connectivity index (χ1n) is 6.84. The molecule has 1 aromatic rings. The Morgan fingerprint density at radius 3 is 2.53 bits per heavy atom. The van der Waals surface area contributed by atoms with E-state index in [2.05, 4.69) is 13.8 Å². The molecule has 0 spiro atoms. The zero-order chi connectivity index (χ0) is 14.0. The van der Waals surface area contributed by atoms with Crippen molar-refractivity contribution < 1.29 is 13.9 Å². The predicted molar refractivity (Wildman–Crippen MR) is 73.1 cm³/mol. The van der Waals surface area contributed by atoms with E-state index in [1.807, 2.05) is 0 Å². The molecule has 0 amide bonds. The Bertz CT molecular complexity index is 470. The largest absolute Gasteiger partial charge is 0.490 e. The normalized spacial score (nSPS) is 19.2. The van der Waals surface area contributed by atoms with E-state index in [1.165, 1.54) is 19.1 Å². The van der Waals surface area contributed by atoms with Crippen LogP contribution in [0.4, 0.5) is 4.39 Å². The van der Waals surface area contributed by atoms with Gasteiger partial charge in [0.05, 0.1) is 11.7 Å². The Labute approximate surface area is 114 Å². The number of hydrogen-bond acceptors (Lipinski definition) is 2. The van der Waals surface area contributed by atoms with Gasteiger partial charge in [0, 0.05) is 0 Å². The van der Waals surface area contributed by atoms with Crippen LogP contribution < -0.4 is 4.74 Å². The highest BCUT2D eigenvalue weighted by molar-refractivity contribution is 5.96. The summed E-state index contributed by atoms with van der Waals surface area (Å²) in [4.78, 5) is 11.5. The highest BCUT2D eigenvalue weighted by atomic mass is 19.1. The van der Waals surface area contributed by atoms with Crippen LogP contribution in [-0.4, -0.2) is 11.9 Å². The minimum absolute atomic E-state index is 0.136. The van der Waals surface area contributed by atoms with E-state index in [0.29, 0.717) is 16.7 Å². The first kappa shape index (κ1) is 14.0. The highest BCUT2D eigenvalue weighted by Gasteiger charge is 2.28. The summed E-state index contributed by atoms with van der Waals surface area (Å²) >= 11 is 0. The second-order valence-electron chi connectivity index (χ2n) is 6.18. The van der Waals surface area contributed by atoms with Crippen molar-refractivity contribution in [2.45, 2.75) is 52.6 Å². The van der Waals surface area contributed by atoms with Crippen molar-refractivity contribution in [3.8, 4) is 5.75 Å². The lowest BCUT2D eigenvalue weighted by molar-refractivity contribution is 0.0928. The lowest BCUT2D eigenvalue weighted by atomic mass is 9.76. The zero-order valence-corrected chi connectivity index (χ0v) is 11.8. The number of ether oxygens (including phenoxy) is 1. The molecule has 0 radical (unpaired) electrons. The maximum absolute atomic E-state index is 13.2. The average Bonchev–Trinajstić information content (AvgIpc) is 2.33. The summed E-state index contributed by atoms with van der Waals surface area (Å²) in [6, 6.07) is 4.16. The number of carbonyl (C=O) groups excluding carboxylic acids is 1. The molecular formula is C16H21FO2. The van der Waals surface area contributed by atoms with Gasteiger partial charge in [0.15, 0.2) is 5.78 Å². The van der Waals surface area contributed by atoms with E-state index in [9.17, 15) is 9.18 Å². The van der Waals surface area contributed by atoms with Crippen LogP contribution in [0.25, 0.3) is 0 Å². The minimum atomic E-state index is -0.401. The minimum Gasteiger partial charge on any atom is -0.490 e. The fourth-order valence-electron chi connectivity index (χ4n) is 2.55. The molecule has 0 unspecified atom stereocenters. The van der Waals surface area contributed by atoms with Gasteiger partial charge in [-0.3, -0.25) is 4.79 Å². The molecule has 0 atom stereocenters. The predicted octanol–water partition coefficient (Wildman–Crippen LogP) is 4.38. The van der Waals surface area contributed by atoms with Gasteiger partial charge in [0.1, 0.15) is 11.6 Å². The fraction of sp³-hybridized carbons (Fsp3) is 0.562. The molecule has 0 saturated heterocycles. The molecular weight excluding hydrogens is 243 g/mol. The van der Waals surface area contributed by atoms with Crippen LogP contribution in [-0.2, 0) is 0 Å². The number of benzene rings is 1. The third-order valence-corrected chi connectivity index (χ3v) is 3.90. The maximum atomic E-state index is 13.2. The van der Waals surface area contributed by atoms with Crippen LogP contribution in [0.3, 0.4) is 0 Å². The quantitative estimate of drug-likeness (QED) is 0.757. The molecule has 0 aliphatic heterocycles. The second-order valence-corrected chi connectivity index (χ2v) is 6.18. The van der Waals surface area contributed by atoms with Crippen molar-refractivity contribution in [3.63, 3.8) is 0 Å². The average molecular weight is 264 g/mol. The molecule has 1 aromatic carbocycles. The zero-order valence-electron chi connectivity index (χ0n) is 11.8. The van der Waals surface area contributed by atoms with Crippen LogP contribution in [0.15, 0.2) is 18.2 Å². The SMILES string of the molecule is CC(=O)c1cc(F)ccc1OC1CCC(C)(C)CC1. The van der Waals surface area contributed by atoms with E-state index >= 15 is 0 Å². The number of carbonyl (C=O) groups is 1. The van der Waals surface area contributed by atoms with E-state index in [1.54, 1.807) is 6.07 Å². The van der Waals surface area contributed by atoms with Crippen molar-refractivity contribution in [1.29, 1.82) is 0 Å². The summed E-state index contributed by atoms with van der Waals surface area (Å²) < 4.78 is 19.1. The molecule has 0 aromatic heterocycles. The van der Waals surface area contributed by atoms with Gasteiger partial charge in [-0.1, -0.05) is 13.8 Å². The molecule has 0 N–H and O–H groups in total. The molecule has 0 heterocycles. The van der Waals surface area contributed by atoms with Crippen molar-refractivity contribution in [1.82, 2.24) is 0 Å². The summed E-state index contributed by atoms with van der Waals surface area (Å²) in [6.45, 7) is 5.97. The van der Waals surface area contributed by atoms with Crippen molar-refractivity contribution in [2.75, 3.05) is 0 Å². The summed E-state index contributed by atoms with van der Waals surface area (Å²) in [5.41, 5.74) is 0.719. The van der Waals surface area contributed by atoms with Gasteiger partial charge >= 0.3 is 0 Å². The molecule has 3 heteroatoms. The lowest BCUT2D eigenvalue weighted by Gasteiger charge is -2.34. The molecule has 19 heavy (non-hydrogen) atoms. The highest BCUT2D eigenvalue weighted by Crippen LogP contribution is 2.37. The van der Waals surface area contributed by atoms with Gasteiger partial charge in [-0.15, -0.1) is 0 Å². The van der Waals surface area contributed by atoms with Crippen LogP contribution >= 0.6 is 0 Å². The van der Waals surface area contributed by atoms with Gasteiger partial charge in [-0.05, 0) is 56.2 Å². The number of hydrogen-bond donors (Lipinski definition) is 0. The Hall–Kier alpha value is -1.38. The second kappa shape index (κ2) is 5.32. The van der Waals surface area contributed by atoms with E-state index in [-0.39, 0.29) is 11.9 Å². The van der Waals surface area contributed by atoms with E-state index < -0.39 is 5.82 Å². The number of Topliss-reactive ketones (excluding diaryl/α,β-unsaturated/α-hetero) is 1. The first-order valence-corrected chi connectivity index (χ1v) is 6.84. The van der Waals surface area contributed by atoms with Crippen molar-refractivity contribution in [3.05, 3.63) is 29.6 Å². The molecule has 1 fully saturated rings. The summed E-state index contributed by atoms with van der Waals surface area (Å²) in [5, 5.41) is 0. The Balaban J connectivity index is 2.10. The molecule has 1 aliphatic carbocycles. The number of ketones is 1. The maximum Gasteiger partial charge on any atom is 0.163 e. The number of halogens is 1. The Morgan fingerprint density at radius 1 is 1.32 bits per heavy atom. The fourth-order valence-corrected chi connectivity index (χ4v) is 2.55. The topological polar surface area (TPSA) is 26.3 Å². The molecule has 1 aliphatic rings. The Kier molecular flexibility index (Phi) is 3.93. The van der Waals surface area contributed by atoms with Crippen LogP contribution in [0.5, 0.6) is 5.75 Å². The van der Waals surface area contributed by atoms with Crippen molar-refractivity contribution >= 4 is 5.78 Å². The molecule has 1 saturated carbocycles. The molecule has 2 rings (SSSR count). The van der Waals surface area contributed by atoms with Gasteiger partial charge < -0.3 is 4.74 Å². The van der Waals surface area contributed by atoms with Crippen LogP contribution in [0, 0.1) is 11.2 Å². The summed E-state index contributed by atoms with van der Waals surface area (Å²) in [7, 11) is 0. The Morgan fingerprint density at radius 2 is 1.95 bits per heavy atom. The summed E-state index contributed by atoms with van der Waals surface area (Å²) in [6.07, 6.45) is 4.35. The summed E-state index contributed by atoms with van der Waals surface area (Å²) in [5.74, 6) is -0.0495. The monoisotopic (exact) mass is 264 g/mol. The van der Waals surface area contributed by atoms with Gasteiger partial charge in [0.25, 0.3) is 0 Å². The third kappa shape index (κ3) is 3.55. The molecule has 0 bridgehead atoms. The van der Waals surface area contributed by atoms with E-state index in [0.717, 1.165) is 25.7 Å². The van der Waals surface area contributed by atoms with Crippen molar-refractivity contribution in [2.24, 2.45) is 5.41 Å². The van der Waals surface area contributed by atoms with Crippen LogP contribution in [0.1, 0.15) is 56.8 Å². The van der Waals surface area contributed by atoms with Gasteiger partial charge in [-0.25, -0.2) is 4.39 Å².